The molecule has 1 atom stereocenters. The molecular formula is C61H104O6. The van der Waals surface area contributed by atoms with Crippen molar-refractivity contribution in [1.82, 2.24) is 0 Å². The van der Waals surface area contributed by atoms with Crippen LogP contribution in [0.2, 0.25) is 0 Å². The van der Waals surface area contributed by atoms with Crippen LogP contribution >= 0.6 is 0 Å². The Morgan fingerprint density at radius 1 is 0.313 bits per heavy atom. The predicted octanol–water partition coefficient (Wildman–Crippen LogP) is 18.8. The van der Waals surface area contributed by atoms with E-state index in [2.05, 4.69) is 106 Å². The lowest BCUT2D eigenvalue weighted by Gasteiger charge is -2.18. The van der Waals surface area contributed by atoms with Crippen molar-refractivity contribution in [3.63, 3.8) is 0 Å². The van der Waals surface area contributed by atoms with Crippen molar-refractivity contribution in [3.8, 4) is 0 Å². The minimum Gasteiger partial charge on any atom is -0.462 e. The zero-order valence-corrected chi connectivity index (χ0v) is 43.9. The van der Waals surface area contributed by atoms with E-state index in [0.717, 1.165) is 83.5 Å². The van der Waals surface area contributed by atoms with E-state index in [1.54, 1.807) is 0 Å². The minimum atomic E-state index is -0.802. The number of ether oxygens (including phenoxy) is 3. The van der Waals surface area contributed by atoms with Crippen LogP contribution in [0.15, 0.2) is 85.1 Å². The van der Waals surface area contributed by atoms with Crippen LogP contribution in [-0.2, 0) is 28.6 Å². The second-order valence-corrected chi connectivity index (χ2v) is 18.5. The first-order valence-electron chi connectivity index (χ1n) is 28.1. The molecule has 0 aliphatic rings. The van der Waals surface area contributed by atoms with Gasteiger partial charge < -0.3 is 14.2 Å². The lowest BCUT2D eigenvalue weighted by Crippen LogP contribution is -2.30. The van der Waals surface area contributed by atoms with Gasteiger partial charge in [0.1, 0.15) is 13.2 Å². The van der Waals surface area contributed by atoms with Gasteiger partial charge in [0.2, 0.25) is 0 Å². The molecule has 0 bridgehead atoms. The van der Waals surface area contributed by atoms with Gasteiger partial charge in [-0.25, -0.2) is 0 Å². The summed E-state index contributed by atoms with van der Waals surface area (Å²) < 4.78 is 16.8. The molecule has 0 aromatic carbocycles. The molecule has 0 fully saturated rings. The monoisotopic (exact) mass is 933 g/mol. The molecule has 0 N–H and O–H groups in total. The molecule has 0 rings (SSSR count). The Hall–Kier alpha value is -3.41. The summed E-state index contributed by atoms with van der Waals surface area (Å²) in [5.41, 5.74) is 0. The number of hydrogen-bond acceptors (Lipinski definition) is 6. The van der Waals surface area contributed by atoms with Gasteiger partial charge in [-0.2, -0.15) is 0 Å². The van der Waals surface area contributed by atoms with Gasteiger partial charge in [0.15, 0.2) is 6.10 Å². The van der Waals surface area contributed by atoms with Gasteiger partial charge in [0.05, 0.1) is 0 Å². The highest BCUT2D eigenvalue weighted by Gasteiger charge is 2.19. The largest absolute Gasteiger partial charge is 0.462 e. The molecule has 6 nitrogen and oxygen atoms in total. The number of esters is 3. The van der Waals surface area contributed by atoms with Gasteiger partial charge in [0.25, 0.3) is 0 Å². The highest BCUT2D eigenvalue weighted by Crippen LogP contribution is 2.14. The topological polar surface area (TPSA) is 78.9 Å². The fourth-order valence-corrected chi connectivity index (χ4v) is 7.63. The van der Waals surface area contributed by atoms with Gasteiger partial charge >= 0.3 is 17.9 Å². The SMILES string of the molecule is CC/C=C\C/C=C\C/C=C\C/C=C\CCCCC(=O)O[C@@H](COC(=O)CCCCCCCCC/C=C\CCCCCC)COC(=O)CCCCCCCCCCC/C=C\C/C=C\CCCCC. The van der Waals surface area contributed by atoms with E-state index in [4.69, 9.17) is 14.2 Å². The highest BCUT2D eigenvalue weighted by molar-refractivity contribution is 5.71. The molecule has 0 spiro atoms. The smallest absolute Gasteiger partial charge is 0.306 e. The molecular weight excluding hydrogens is 829 g/mol. The number of carbonyl (C=O) groups excluding carboxylic acids is 3. The van der Waals surface area contributed by atoms with Gasteiger partial charge in [-0.1, -0.05) is 215 Å². The van der Waals surface area contributed by atoms with Gasteiger partial charge in [-0.05, 0) is 116 Å². The van der Waals surface area contributed by atoms with Crippen LogP contribution in [0, 0.1) is 0 Å². The normalized spacial score (nSPS) is 12.7. The second kappa shape index (κ2) is 55.2. The summed E-state index contributed by atoms with van der Waals surface area (Å²) in [6, 6.07) is 0. The summed E-state index contributed by atoms with van der Waals surface area (Å²) in [6.07, 6.45) is 71.4. The van der Waals surface area contributed by atoms with E-state index in [1.807, 2.05) is 0 Å². The van der Waals surface area contributed by atoms with Crippen molar-refractivity contribution in [1.29, 1.82) is 0 Å². The average molecular weight is 933 g/mol. The molecule has 6 heteroatoms. The lowest BCUT2D eigenvalue weighted by molar-refractivity contribution is -0.167. The van der Waals surface area contributed by atoms with Crippen LogP contribution in [0.5, 0.6) is 0 Å². The number of unbranched alkanes of at least 4 members (excludes halogenated alkanes) is 25. The van der Waals surface area contributed by atoms with Crippen LogP contribution in [0.25, 0.3) is 0 Å². The first-order chi connectivity index (χ1) is 33.0. The van der Waals surface area contributed by atoms with E-state index in [9.17, 15) is 14.4 Å². The molecule has 0 unspecified atom stereocenters. The van der Waals surface area contributed by atoms with Gasteiger partial charge in [0, 0.05) is 19.3 Å². The Balaban J connectivity index is 4.43. The maximum absolute atomic E-state index is 12.8. The molecule has 0 saturated carbocycles. The Morgan fingerprint density at radius 3 is 0.985 bits per heavy atom. The van der Waals surface area contributed by atoms with Crippen LogP contribution in [0.3, 0.4) is 0 Å². The Morgan fingerprint density at radius 2 is 0.582 bits per heavy atom. The molecule has 0 amide bonds. The second-order valence-electron chi connectivity index (χ2n) is 18.5. The van der Waals surface area contributed by atoms with Crippen molar-refractivity contribution >= 4 is 17.9 Å². The molecule has 0 heterocycles. The first kappa shape index (κ1) is 63.6. The van der Waals surface area contributed by atoms with Crippen LogP contribution in [-0.4, -0.2) is 37.2 Å². The molecule has 0 radical (unpaired) electrons. The zero-order valence-electron chi connectivity index (χ0n) is 43.9. The van der Waals surface area contributed by atoms with E-state index in [1.165, 1.54) is 135 Å². The van der Waals surface area contributed by atoms with Crippen LogP contribution in [0.1, 0.15) is 265 Å². The third-order valence-electron chi connectivity index (χ3n) is 11.9. The maximum Gasteiger partial charge on any atom is 0.306 e. The molecule has 384 valence electrons. The first-order valence-corrected chi connectivity index (χ1v) is 28.1. The number of allylic oxidation sites excluding steroid dienone is 14. The van der Waals surface area contributed by atoms with Crippen molar-refractivity contribution in [2.24, 2.45) is 0 Å². The van der Waals surface area contributed by atoms with Crippen molar-refractivity contribution < 1.29 is 28.6 Å². The van der Waals surface area contributed by atoms with E-state index in [0.29, 0.717) is 19.3 Å². The van der Waals surface area contributed by atoms with Crippen molar-refractivity contribution in [3.05, 3.63) is 85.1 Å². The van der Waals surface area contributed by atoms with Gasteiger partial charge in [-0.15, -0.1) is 0 Å². The summed E-state index contributed by atoms with van der Waals surface area (Å²) in [4.78, 5) is 38.1. The molecule has 0 saturated heterocycles. The predicted molar refractivity (Wildman–Crippen MR) is 288 cm³/mol. The van der Waals surface area contributed by atoms with Crippen LogP contribution in [0.4, 0.5) is 0 Å². The average Bonchev–Trinajstić information content (AvgIpc) is 3.33. The van der Waals surface area contributed by atoms with Crippen molar-refractivity contribution in [2.75, 3.05) is 13.2 Å². The van der Waals surface area contributed by atoms with E-state index < -0.39 is 6.10 Å². The fraction of sp³-hybridized carbons (Fsp3) is 0.721. The molecule has 0 aliphatic heterocycles. The quantitative estimate of drug-likeness (QED) is 0.0262. The number of carbonyl (C=O) groups is 3. The fourth-order valence-electron chi connectivity index (χ4n) is 7.63. The highest BCUT2D eigenvalue weighted by atomic mass is 16.6. The summed E-state index contributed by atoms with van der Waals surface area (Å²) in [7, 11) is 0. The Labute approximate surface area is 414 Å². The summed E-state index contributed by atoms with van der Waals surface area (Å²) in [6.45, 7) is 6.46. The summed E-state index contributed by atoms with van der Waals surface area (Å²) in [5.74, 6) is -0.943. The van der Waals surface area contributed by atoms with Crippen LogP contribution < -0.4 is 0 Å². The third-order valence-corrected chi connectivity index (χ3v) is 11.9. The molecule has 0 aromatic rings. The van der Waals surface area contributed by atoms with Gasteiger partial charge in [-0.3, -0.25) is 14.4 Å². The molecule has 67 heavy (non-hydrogen) atoms. The lowest BCUT2D eigenvalue weighted by atomic mass is 10.1. The summed E-state index contributed by atoms with van der Waals surface area (Å²) >= 11 is 0. The maximum atomic E-state index is 12.8. The minimum absolute atomic E-state index is 0.0967. The van der Waals surface area contributed by atoms with E-state index >= 15 is 0 Å². The Kier molecular flexibility index (Phi) is 52.4. The standard InChI is InChI=1S/C61H104O6/c1-4-7-10-13-16-19-22-25-28-29-30-31-34-36-39-42-45-48-51-54-60(63)66-57-58(67-61(64)55-52-49-46-43-40-37-33-27-24-21-18-15-12-9-6-3)56-65-59(62)53-50-47-44-41-38-35-32-26-23-20-17-14-11-8-5-2/h9,12,16,18-21,23,25,27-28,33,40,43,58H,4-8,10-11,13-15,17,22,24,26,29-32,34-39,41-42,44-57H2,1-3H3/b12-9-,19-16-,21-18-,23-20-,28-25-,33-27-,43-40-/t58-/m0/s1. The summed E-state index contributed by atoms with van der Waals surface area (Å²) in [5, 5.41) is 0. The molecule has 0 aliphatic carbocycles. The Bertz CT molecular complexity index is 1300. The number of hydrogen-bond donors (Lipinski definition) is 0. The van der Waals surface area contributed by atoms with E-state index in [-0.39, 0.29) is 37.5 Å². The number of rotatable bonds is 50. The third kappa shape index (κ3) is 53.4. The van der Waals surface area contributed by atoms with Crippen molar-refractivity contribution in [2.45, 2.75) is 271 Å². The zero-order chi connectivity index (χ0) is 48.6. The molecule has 0 aromatic heterocycles.